The minimum atomic E-state index is -4.78. The van der Waals surface area contributed by atoms with Gasteiger partial charge >= 0.3 is 12.3 Å². The third kappa shape index (κ3) is 5.04. The van der Waals surface area contributed by atoms with E-state index in [9.17, 15) is 27.6 Å². The Hall–Kier alpha value is -2.52. The molecule has 2 saturated heterocycles. The summed E-state index contributed by atoms with van der Waals surface area (Å²) >= 11 is 0. The van der Waals surface area contributed by atoms with Crippen molar-refractivity contribution in [2.45, 2.75) is 82.9 Å². The number of aromatic nitrogens is 1. The highest BCUT2D eigenvalue weighted by molar-refractivity contribution is 5.76. The van der Waals surface area contributed by atoms with Crippen molar-refractivity contribution < 1.29 is 27.5 Å². The number of piperidine rings is 1. The minimum Gasteiger partial charge on any atom is -0.444 e. The van der Waals surface area contributed by atoms with Crippen molar-refractivity contribution in [3.05, 3.63) is 34.2 Å². The Balaban J connectivity index is 1.67. The van der Waals surface area contributed by atoms with Crippen LogP contribution in [0.4, 0.5) is 18.0 Å². The van der Waals surface area contributed by atoms with Gasteiger partial charge in [-0.1, -0.05) is 0 Å². The predicted molar refractivity (Wildman–Crippen MR) is 106 cm³/mol. The first-order valence-corrected chi connectivity index (χ1v) is 10.3. The monoisotopic (exact) mass is 443 g/mol. The van der Waals surface area contributed by atoms with E-state index >= 15 is 0 Å². The number of pyridine rings is 1. The molecule has 2 amide bonds. The Morgan fingerprint density at radius 2 is 1.74 bits per heavy atom. The summed E-state index contributed by atoms with van der Waals surface area (Å²) in [4.78, 5) is 40.7. The molecule has 1 aromatic heterocycles. The van der Waals surface area contributed by atoms with E-state index in [1.807, 2.05) is 20.8 Å². The Morgan fingerprint density at radius 1 is 1.16 bits per heavy atom. The average molecular weight is 443 g/mol. The van der Waals surface area contributed by atoms with E-state index in [-0.39, 0.29) is 24.2 Å². The number of amides is 2. The fourth-order valence-corrected chi connectivity index (χ4v) is 4.42. The normalized spacial score (nSPS) is 23.6. The van der Waals surface area contributed by atoms with Gasteiger partial charge in [-0.15, -0.1) is 0 Å². The number of ether oxygens (including phenoxy) is 1. The van der Waals surface area contributed by atoms with Crippen LogP contribution in [0.5, 0.6) is 0 Å². The summed E-state index contributed by atoms with van der Waals surface area (Å²) in [6.07, 6.45) is -1.19. The lowest BCUT2D eigenvalue weighted by Gasteiger charge is -2.42. The number of hydrogen-bond donors (Lipinski definition) is 0. The van der Waals surface area contributed by atoms with Crippen LogP contribution < -0.4 is 5.56 Å². The minimum absolute atomic E-state index is 0.0508. The van der Waals surface area contributed by atoms with Crippen LogP contribution in [0.15, 0.2) is 23.1 Å². The highest BCUT2D eigenvalue weighted by Crippen LogP contribution is 2.38. The second-order valence-corrected chi connectivity index (χ2v) is 9.26. The molecule has 0 aliphatic carbocycles. The van der Waals surface area contributed by atoms with Crippen molar-refractivity contribution in [3.8, 4) is 0 Å². The summed E-state index contributed by atoms with van der Waals surface area (Å²) in [5.74, 6) is -0.448. The molecule has 0 radical (unpaired) electrons. The maximum atomic E-state index is 13.0. The molecule has 2 aliphatic heterocycles. The van der Waals surface area contributed by atoms with Gasteiger partial charge in [0.15, 0.2) is 0 Å². The zero-order chi connectivity index (χ0) is 23.1. The zero-order valence-electron chi connectivity index (χ0n) is 18.1. The molecule has 31 heavy (non-hydrogen) atoms. The lowest BCUT2D eigenvalue weighted by Crippen LogP contribution is -2.54. The summed E-state index contributed by atoms with van der Waals surface area (Å²) in [5.41, 5.74) is -3.14. The molecule has 2 fully saturated rings. The van der Waals surface area contributed by atoms with Crippen molar-refractivity contribution >= 4 is 12.0 Å². The maximum absolute atomic E-state index is 13.0. The molecule has 3 heterocycles. The molecular formula is C21H28F3N3O4. The van der Waals surface area contributed by atoms with Crippen molar-refractivity contribution in [2.75, 3.05) is 7.05 Å². The van der Waals surface area contributed by atoms with Crippen LogP contribution in [-0.4, -0.2) is 57.1 Å². The molecule has 0 aromatic carbocycles. The second-order valence-electron chi connectivity index (χ2n) is 9.26. The van der Waals surface area contributed by atoms with E-state index in [1.165, 1.54) is 11.1 Å². The zero-order valence-corrected chi connectivity index (χ0v) is 18.1. The van der Waals surface area contributed by atoms with E-state index in [0.29, 0.717) is 18.9 Å². The smallest absolute Gasteiger partial charge is 0.421 e. The first kappa shape index (κ1) is 23.1. The largest absolute Gasteiger partial charge is 0.444 e. The number of hydrogen-bond acceptors (Lipinski definition) is 4. The Kier molecular flexibility index (Phi) is 6.12. The van der Waals surface area contributed by atoms with E-state index < -0.39 is 35.4 Å². The number of carbonyl (C=O) groups is 2. The highest BCUT2D eigenvalue weighted by Gasteiger charge is 2.46. The molecule has 0 spiro atoms. The summed E-state index contributed by atoms with van der Waals surface area (Å²) in [6.45, 7) is 4.95. The fraction of sp³-hybridized carbons (Fsp3) is 0.667. The number of fused-ring (bicyclic) bond motifs is 2. The Bertz CT molecular complexity index is 892. The number of likely N-dealkylation sites (N-methyl/N-ethyl adjacent to an activating group) is 1. The third-order valence-electron chi connectivity index (χ3n) is 5.88. The van der Waals surface area contributed by atoms with Gasteiger partial charge in [0.05, 0.1) is 0 Å². The molecule has 3 rings (SSSR count). The summed E-state index contributed by atoms with van der Waals surface area (Å²) in [5, 5.41) is 0. The van der Waals surface area contributed by atoms with Gasteiger partial charge in [-0.05, 0) is 58.6 Å². The van der Waals surface area contributed by atoms with Gasteiger partial charge in [0.1, 0.15) is 17.7 Å². The molecule has 172 valence electrons. The van der Waals surface area contributed by atoms with Crippen LogP contribution in [0, 0.1) is 0 Å². The summed E-state index contributed by atoms with van der Waals surface area (Å²) in [6, 6.07) is 1.55. The standard InChI is InChI=1S/C21H28F3N3O4/c1-20(2,3)31-19(30)27-13-7-8-14(27)11-15(10-13)25(4)17(28)12-26-9-5-6-16(18(26)29)21(22,23)24/h5-6,9,13-15H,7-8,10-12H2,1-4H3/t13-,14+,15?. The summed E-state index contributed by atoms with van der Waals surface area (Å²) < 4.78 is 45.2. The lowest BCUT2D eigenvalue weighted by atomic mass is 9.96. The lowest BCUT2D eigenvalue weighted by molar-refractivity contribution is -0.140. The number of rotatable bonds is 3. The number of alkyl halides is 3. The summed E-state index contributed by atoms with van der Waals surface area (Å²) in [7, 11) is 1.59. The first-order chi connectivity index (χ1) is 14.3. The van der Waals surface area contributed by atoms with E-state index in [1.54, 1.807) is 11.9 Å². The molecule has 2 aliphatic rings. The van der Waals surface area contributed by atoms with Gasteiger partial charge in [-0.2, -0.15) is 13.2 Å². The van der Waals surface area contributed by atoms with Crippen LogP contribution in [-0.2, 0) is 22.3 Å². The third-order valence-corrected chi connectivity index (χ3v) is 5.88. The maximum Gasteiger partial charge on any atom is 0.421 e. The number of halogens is 3. The van der Waals surface area contributed by atoms with Gasteiger partial charge in [0.2, 0.25) is 5.91 Å². The molecule has 1 unspecified atom stereocenters. The molecule has 1 aromatic rings. The Labute approximate surface area is 178 Å². The molecular weight excluding hydrogens is 415 g/mol. The van der Waals surface area contributed by atoms with Crippen molar-refractivity contribution in [1.29, 1.82) is 0 Å². The van der Waals surface area contributed by atoms with E-state index in [4.69, 9.17) is 4.74 Å². The molecule has 3 atom stereocenters. The van der Waals surface area contributed by atoms with Crippen molar-refractivity contribution in [3.63, 3.8) is 0 Å². The molecule has 0 saturated carbocycles. The highest BCUT2D eigenvalue weighted by atomic mass is 19.4. The molecule has 7 nitrogen and oxygen atoms in total. The topological polar surface area (TPSA) is 71.9 Å². The van der Waals surface area contributed by atoms with Crippen LogP contribution in [0.1, 0.15) is 52.0 Å². The average Bonchev–Trinajstić information content (AvgIpc) is 2.90. The molecule has 10 heteroatoms. The SMILES string of the molecule is CN(C(=O)Cn1cccc(C(F)(F)F)c1=O)C1C[C@H]2CC[C@@H](C1)N2C(=O)OC(C)(C)C. The second kappa shape index (κ2) is 8.20. The van der Waals surface area contributed by atoms with E-state index in [2.05, 4.69) is 0 Å². The van der Waals surface area contributed by atoms with Gasteiger partial charge in [0.25, 0.3) is 5.56 Å². The van der Waals surface area contributed by atoms with E-state index in [0.717, 1.165) is 23.5 Å². The van der Waals surface area contributed by atoms with Gasteiger partial charge in [0, 0.05) is 31.4 Å². The number of carbonyl (C=O) groups excluding carboxylic acids is 2. The molecule has 2 bridgehead atoms. The van der Waals surface area contributed by atoms with Crippen LogP contribution in [0.2, 0.25) is 0 Å². The van der Waals surface area contributed by atoms with Crippen molar-refractivity contribution in [2.24, 2.45) is 0 Å². The quantitative estimate of drug-likeness (QED) is 0.719. The van der Waals surface area contributed by atoms with Gasteiger partial charge in [-0.3, -0.25) is 9.59 Å². The number of nitrogens with zero attached hydrogens (tertiary/aromatic N) is 3. The Morgan fingerprint density at radius 3 is 2.26 bits per heavy atom. The first-order valence-electron chi connectivity index (χ1n) is 10.3. The van der Waals surface area contributed by atoms with Crippen LogP contribution >= 0.6 is 0 Å². The van der Waals surface area contributed by atoms with Gasteiger partial charge < -0.3 is 19.1 Å². The van der Waals surface area contributed by atoms with Gasteiger partial charge in [-0.25, -0.2) is 4.79 Å². The van der Waals surface area contributed by atoms with Crippen molar-refractivity contribution in [1.82, 2.24) is 14.4 Å². The molecule has 0 N–H and O–H groups in total. The fourth-order valence-electron chi connectivity index (χ4n) is 4.42. The van der Waals surface area contributed by atoms with Crippen LogP contribution in [0.3, 0.4) is 0 Å². The predicted octanol–water partition coefficient (Wildman–Crippen LogP) is 3.26. The van der Waals surface area contributed by atoms with Crippen LogP contribution in [0.25, 0.3) is 0 Å².